The summed E-state index contributed by atoms with van der Waals surface area (Å²) in [6, 6.07) is 15.1. The van der Waals surface area contributed by atoms with Gasteiger partial charge in [0.25, 0.3) is 0 Å². The van der Waals surface area contributed by atoms with Gasteiger partial charge in [-0.15, -0.1) is 0 Å². The van der Waals surface area contributed by atoms with Crippen molar-refractivity contribution in [2.75, 3.05) is 56.5 Å². The van der Waals surface area contributed by atoms with Crippen LogP contribution in [0.15, 0.2) is 42.5 Å². The van der Waals surface area contributed by atoms with Crippen molar-refractivity contribution in [2.45, 2.75) is 12.8 Å². The summed E-state index contributed by atoms with van der Waals surface area (Å²) in [5.74, 6) is 0.0512. The number of nitrogens with one attached hydrogen (secondary N) is 1. The number of likely N-dealkylation sites (N-methyl/N-ethyl adjacent to an activating group) is 1. The number of nitrogens with zero attached hydrogens (tertiary/aromatic N) is 4. The van der Waals surface area contributed by atoms with Crippen molar-refractivity contribution in [1.82, 2.24) is 9.80 Å². The molecule has 3 heterocycles. The molecule has 0 aliphatic carbocycles. The average Bonchev–Trinajstić information content (AvgIpc) is 3.19. The van der Waals surface area contributed by atoms with Gasteiger partial charge in [-0.05, 0) is 54.8 Å². The van der Waals surface area contributed by atoms with Crippen LogP contribution < -0.4 is 10.2 Å². The van der Waals surface area contributed by atoms with Crippen LogP contribution in [0.5, 0.6) is 0 Å². The van der Waals surface area contributed by atoms with Crippen LogP contribution >= 0.6 is 0 Å². The number of amides is 1. The van der Waals surface area contributed by atoms with Crippen molar-refractivity contribution in [3.63, 3.8) is 0 Å². The molecular formula is C24H27N5O. The summed E-state index contributed by atoms with van der Waals surface area (Å²) < 4.78 is 0. The lowest BCUT2D eigenvalue weighted by Gasteiger charge is -2.34. The molecule has 2 aromatic carbocycles. The summed E-state index contributed by atoms with van der Waals surface area (Å²) in [6.45, 7) is 5.50. The smallest absolute Gasteiger partial charge is 0.232 e. The Hall–Kier alpha value is -3.04. The molecule has 0 unspecified atom stereocenters. The Labute approximate surface area is 177 Å². The maximum atomic E-state index is 12.9. The highest BCUT2D eigenvalue weighted by Gasteiger charge is 2.47. The van der Waals surface area contributed by atoms with Crippen LogP contribution in [-0.2, 0) is 11.2 Å². The molecule has 2 fully saturated rings. The number of rotatable bonds is 2. The van der Waals surface area contributed by atoms with E-state index in [0.717, 1.165) is 55.0 Å². The molecule has 30 heavy (non-hydrogen) atoms. The van der Waals surface area contributed by atoms with Crippen LogP contribution in [0, 0.1) is 16.9 Å². The van der Waals surface area contributed by atoms with Crippen LogP contribution in [0.3, 0.4) is 0 Å². The third-order valence-electron chi connectivity index (χ3n) is 6.93. The molecule has 2 aromatic rings. The quantitative estimate of drug-likeness (QED) is 0.784. The summed E-state index contributed by atoms with van der Waals surface area (Å²) in [4.78, 5) is 19.4. The van der Waals surface area contributed by atoms with Crippen LogP contribution in [0.1, 0.15) is 12.0 Å². The Bertz CT molecular complexity index is 1000. The fraction of sp³-hybridized carbons (Fsp3) is 0.417. The third kappa shape index (κ3) is 3.29. The van der Waals surface area contributed by atoms with Gasteiger partial charge in [-0.2, -0.15) is 5.26 Å². The molecule has 6 nitrogen and oxygen atoms in total. The van der Waals surface area contributed by atoms with Gasteiger partial charge in [-0.25, -0.2) is 0 Å². The number of piperazine rings is 1. The van der Waals surface area contributed by atoms with Crippen molar-refractivity contribution >= 4 is 17.3 Å². The van der Waals surface area contributed by atoms with E-state index in [0.29, 0.717) is 19.5 Å². The molecule has 154 valence electrons. The number of hydrogen-bond donors (Lipinski definition) is 1. The van der Waals surface area contributed by atoms with E-state index in [1.807, 2.05) is 0 Å². The van der Waals surface area contributed by atoms with Crippen LogP contribution in [0.2, 0.25) is 0 Å². The highest BCUT2D eigenvalue weighted by Crippen LogP contribution is 2.41. The largest absolute Gasteiger partial charge is 0.369 e. The molecule has 2 saturated heterocycles. The topological polar surface area (TPSA) is 62.6 Å². The minimum absolute atomic E-state index is 0.0512. The number of fused-ring (bicyclic) bond motifs is 1. The zero-order valence-electron chi connectivity index (χ0n) is 17.4. The molecule has 3 aliphatic rings. The van der Waals surface area contributed by atoms with E-state index in [9.17, 15) is 10.1 Å². The van der Waals surface area contributed by atoms with Gasteiger partial charge in [0.1, 0.15) is 0 Å². The number of anilines is 2. The minimum atomic E-state index is -0.464. The molecule has 1 amide bonds. The molecule has 0 aromatic heterocycles. The van der Waals surface area contributed by atoms with Crippen molar-refractivity contribution in [2.24, 2.45) is 5.41 Å². The monoisotopic (exact) mass is 401 g/mol. The van der Waals surface area contributed by atoms with Gasteiger partial charge in [0, 0.05) is 50.6 Å². The first-order valence-corrected chi connectivity index (χ1v) is 10.7. The Kier molecular flexibility index (Phi) is 4.63. The molecular weight excluding hydrogens is 374 g/mol. The van der Waals surface area contributed by atoms with E-state index in [2.05, 4.69) is 70.8 Å². The van der Waals surface area contributed by atoms with Crippen molar-refractivity contribution in [3.05, 3.63) is 48.0 Å². The molecule has 0 bridgehead atoms. The first-order valence-electron chi connectivity index (χ1n) is 10.7. The number of likely N-dealkylation sites (tertiary alicyclic amines) is 1. The number of carbonyl (C=O) groups is 1. The van der Waals surface area contributed by atoms with Crippen LogP contribution in [-0.4, -0.2) is 62.0 Å². The number of carbonyl (C=O) groups excluding carboxylic acids is 1. The van der Waals surface area contributed by atoms with Crippen LogP contribution in [0.4, 0.5) is 11.4 Å². The molecule has 0 saturated carbocycles. The molecule has 5 rings (SSSR count). The van der Waals surface area contributed by atoms with E-state index in [1.165, 1.54) is 5.69 Å². The van der Waals surface area contributed by atoms with Gasteiger partial charge < -0.3 is 20.0 Å². The number of hydrogen-bond acceptors (Lipinski definition) is 5. The number of nitriles is 1. The Morgan fingerprint density at radius 2 is 1.73 bits per heavy atom. The van der Waals surface area contributed by atoms with Gasteiger partial charge >= 0.3 is 0 Å². The predicted molar refractivity (Wildman–Crippen MR) is 118 cm³/mol. The maximum Gasteiger partial charge on any atom is 0.232 e. The average molecular weight is 402 g/mol. The van der Waals surface area contributed by atoms with E-state index in [-0.39, 0.29) is 5.91 Å². The zero-order chi connectivity index (χ0) is 20.7. The lowest BCUT2D eigenvalue weighted by atomic mass is 9.76. The summed E-state index contributed by atoms with van der Waals surface area (Å²) in [7, 11) is 2.17. The molecule has 1 atom stereocenters. The molecule has 6 heteroatoms. The lowest BCUT2D eigenvalue weighted by Crippen LogP contribution is -2.44. The van der Waals surface area contributed by atoms with Gasteiger partial charge in [0.2, 0.25) is 5.91 Å². The summed E-state index contributed by atoms with van der Waals surface area (Å²) in [6.07, 6.45) is 3.63. The predicted octanol–water partition coefficient (Wildman–Crippen LogP) is 2.77. The van der Waals surface area contributed by atoms with E-state index in [4.69, 9.17) is 0 Å². The van der Waals surface area contributed by atoms with Gasteiger partial charge in [0.05, 0.1) is 5.41 Å². The third-order valence-corrected chi connectivity index (χ3v) is 6.93. The second kappa shape index (κ2) is 7.33. The molecule has 1 N–H and O–H groups in total. The Morgan fingerprint density at radius 3 is 2.43 bits per heavy atom. The number of benzene rings is 2. The maximum absolute atomic E-state index is 12.9. The van der Waals surface area contributed by atoms with Crippen molar-refractivity contribution in [1.29, 1.82) is 5.26 Å². The van der Waals surface area contributed by atoms with Crippen molar-refractivity contribution < 1.29 is 4.79 Å². The van der Waals surface area contributed by atoms with E-state index >= 15 is 0 Å². The summed E-state index contributed by atoms with van der Waals surface area (Å²) in [5, 5.41) is 12.3. The first-order chi connectivity index (χ1) is 14.6. The molecule has 1 spiro atoms. The normalized spacial score (nSPS) is 23.9. The fourth-order valence-electron chi connectivity index (χ4n) is 4.94. The zero-order valence-corrected chi connectivity index (χ0v) is 17.4. The second-order valence-electron chi connectivity index (χ2n) is 8.89. The lowest BCUT2D eigenvalue weighted by molar-refractivity contribution is -0.125. The SMILES string of the molecule is CN1CCN(c2ccc(-c3ccc4c(c3)NC(=O)[C@@]3(CCN(C#N)C3)C4)cc2)CC1. The first kappa shape index (κ1) is 19.0. The minimum Gasteiger partial charge on any atom is -0.369 e. The standard InChI is InChI=1S/C24H27N5O/c1-27-10-12-29(13-11-27)21-6-4-18(5-7-21)19-2-3-20-15-24(8-9-28(16-24)17-25)23(30)26-22(20)14-19/h2-7,14H,8-13,15-16H2,1H3,(H,26,30)/t24-/m0/s1. The molecule has 0 radical (unpaired) electrons. The Morgan fingerprint density at radius 1 is 1.00 bits per heavy atom. The van der Waals surface area contributed by atoms with Crippen LogP contribution in [0.25, 0.3) is 11.1 Å². The van der Waals surface area contributed by atoms with Crippen molar-refractivity contribution in [3.8, 4) is 17.3 Å². The van der Waals surface area contributed by atoms with E-state index in [1.54, 1.807) is 4.90 Å². The Balaban J connectivity index is 1.35. The molecule has 3 aliphatic heterocycles. The summed E-state index contributed by atoms with van der Waals surface area (Å²) in [5.41, 5.74) is 5.13. The highest BCUT2D eigenvalue weighted by atomic mass is 16.2. The van der Waals surface area contributed by atoms with Gasteiger partial charge in [-0.1, -0.05) is 24.3 Å². The van der Waals surface area contributed by atoms with Gasteiger partial charge in [-0.3, -0.25) is 4.79 Å². The fourth-order valence-corrected chi connectivity index (χ4v) is 4.94. The van der Waals surface area contributed by atoms with E-state index < -0.39 is 5.41 Å². The van der Waals surface area contributed by atoms with Gasteiger partial charge in [0.15, 0.2) is 6.19 Å². The highest BCUT2D eigenvalue weighted by molar-refractivity contribution is 5.99. The summed E-state index contributed by atoms with van der Waals surface area (Å²) >= 11 is 0. The second-order valence-corrected chi connectivity index (χ2v) is 8.89.